The number of H-pyrrole nitrogens is 1. The van der Waals surface area contributed by atoms with Crippen molar-refractivity contribution in [2.75, 3.05) is 0 Å². The van der Waals surface area contributed by atoms with Gasteiger partial charge in [0.1, 0.15) is 17.1 Å². The van der Waals surface area contributed by atoms with Gasteiger partial charge in [0, 0.05) is 37.3 Å². The quantitative estimate of drug-likeness (QED) is 0.314. The van der Waals surface area contributed by atoms with E-state index in [9.17, 15) is 0 Å². The summed E-state index contributed by atoms with van der Waals surface area (Å²) in [6.45, 7) is 2.06. The lowest BCUT2D eigenvalue weighted by Crippen LogP contribution is -1.97. The number of hydrogen-bond acceptors (Lipinski definition) is 7. The molecule has 0 radical (unpaired) electrons. The van der Waals surface area contributed by atoms with Crippen LogP contribution < -0.4 is 9.47 Å². The van der Waals surface area contributed by atoms with E-state index in [2.05, 4.69) is 52.8 Å². The summed E-state index contributed by atoms with van der Waals surface area (Å²) in [5.41, 5.74) is 4.95. The van der Waals surface area contributed by atoms with Gasteiger partial charge in [-0.1, -0.05) is 6.92 Å². The van der Waals surface area contributed by atoms with Gasteiger partial charge < -0.3 is 19.0 Å². The van der Waals surface area contributed by atoms with Gasteiger partial charge in [-0.2, -0.15) is 9.97 Å². The van der Waals surface area contributed by atoms with Crippen molar-refractivity contribution in [2.45, 2.75) is 13.3 Å². The molecule has 0 amide bonds. The summed E-state index contributed by atoms with van der Waals surface area (Å²) < 4.78 is 15.1. The van der Waals surface area contributed by atoms with E-state index in [1.807, 2.05) is 41.9 Å². The molecule has 0 fully saturated rings. The Balaban J connectivity index is 1.43. The lowest BCUT2D eigenvalue weighted by molar-refractivity contribution is 0.417. The van der Waals surface area contributed by atoms with Gasteiger partial charge in [0.15, 0.2) is 0 Å². The Morgan fingerprint density at radius 2 is 1.68 bits per heavy atom. The van der Waals surface area contributed by atoms with Crippen LogP contribution in [0.1, 0.15) is 12.6 Å². The number of aromatic amines is 1. The number of imidazole rings is 1. The van der Waals surface area contributed by atoms with Crippen molar-refractivity contribution in [1.82, 2.24) is 34.5 Å². The summed E-state index contributed by atoms with van der Waals surface area (Å²) >= 11 is 3.67. The van der Waals surface area contributed by atoms with E-state index >= 15 is 0 Å². The molecule has 168 valence electrons. The van der Waals surface area contributed by atoms with Crippen LogP contribution in [0.5, 0.6) is 23.4 Å². The third-order valence-corrected chi connectivity index (χ3v) is 6.40. The van der Waals surface area contributed by atoms with Crippen LogP contribution in [0.3, 0.4) is 0 Å². The molecular formula is C24H18BrN7O2. The van der Waals surface area contributed by atoms with E-state index < -0.39 is 0 Å². The summed E-state index contributed by atoms with van der Waals surface area (Å²) in [5.74, 6) is 1.54. The lowest BCUT2D eigenvalue weighted by Gasteiger charge is -2.09. The Kier molecular flexibility index (Phi) is 4.88. The first-order valence-corrected chi connectivity index (χ1v) is 11.4. The zero-order valence-electron chi connectivity index (χ0n) is 18.3. The first-order chi connectivity index (χ1) is 16.6. The molecule has 9 nitrogen and oxygen atoms in total. The summed E-state index contributed by atoms with van der Waals surface area (Å²) in [6, 6.07) is 11.3. The van der Waals surface area contributed by atoms with Crippen molar-refractivity contribution >= 4 is 49.0 Å². The zero-order valence-corrected chi connectivity index (χ0v) is 19.9. The van der Waals surface area contributed by atoms with Gasteiger partial charge in [-0.05, 0) is 46.6 Å². The lowest BCUT2D eigenvalue weighted by atomic mass is 10.3. The number of rotatable bonds is 5. The van der Waals surface area contributed by atoms with Crippen molar-refractivity contribution in [3.8, 4) is 23.4 Å². The average Bonchev–Trinajstić information content (AvgIpc) is 3.38. The Morgan fingerprint density at radius 1 is 0.912 bits per heavy atom. The normalized spacial score (nSPS) is 11.5. The SMILES string of the molecule is CCc1[nH]c2nc(Oc3ccc4nccnc4c3)nc(Oc3ccc4c(c3)ncn4C)c2c1Br. The molecule has 6 aromatic rings. The first-order valence-electron chi connectivity index (χ1n) is 10.6. The maximum Gasteiger partial charge on any atom is 0.327 e. The number of nitrogens with zero attached hydrogens (tertiary/aromatic N) is 6. The summed E-state index contributed by atoms with van der Waals surface area (Å²) in [5, 5.41) is 0.745. The van der Waals surface area contributed by atoms with Gasteiger partial charge in [-0.25, -0.2) is 4.98 Å². The van der Waals surface area contributed by atoms with Gasteiger partial charge in [0.05, 0.1) is 38.3 Å². The minimum atomic E-state index is 0.154. The van der Waals surface area contributed by atoms with Crippen LogP contribution in [-0.2, 0) is 13.5 Å². The van der Waals surface area contributed by atoms with Crippen LogP contribution >= 0.6 is 15.9 Å². The summed E-state index contributed by atoms with van der Waals surface area (Å²) in [4.78, 5) is 25.6. The molecule has 2 aromatic carbocycles. The van der Waals surface area contributed by atoms with E-state index in [-0.39, 0.29) is 6.01 Å². The molecule has 0 atom stereocenters. The Labute approximate surface area is 202 Å². The van der Waals surface area contributed by atoms with Crippen LogP contribution in [0.25, 0.3) is 33.1 Å². The largest absolute Gasteiger partial charge is 0.438 e. The van der Waals surface area contributed by atoms with E-state index in [4.69, 9.17) is 9.47 Å². The van der Waals surface area contributed by atoms with Gasteiger partial charge in [-0.3, -0.25) is 9.97 Å². The first kappa shape index (κ1) is 20.5. The highest BCUT2D eigenvalue weighted by Gasteiger charge is 2.19. The Hall–Kier alpha value is -4.05. The summed E-state index contributed by atoms with van der Waals surface area (Å²) in [6.07, 6.45) is 5.85. The van der Waals surface area contributed by atoms with Crippen LogP contribution in [-0.4, -0.2) is 34.5 Å². The molecule has 0 unspecified atom stereocenters. The molecule has 4 aromatic heterocycles. The molecule has 6 rings (SSSR count). The standard InChI is InChI=1S/C24H18BrN7O2/c1-3-15-21(25)20-22(29-15)30-24(34-14-4-6-16-17(10-14)27-9-8-26-16)31-23(20)33-13-5-7-19-18(11-13)28-12-32(19)2/h4-12H,3H2,1-2H3,(H,29,30,31). The maximum atomic E-state index is 6.24. The Bertz CT molecular complexity index is 1690. The second-order valence-corrected chi connectivity index (χ2v) is 8.52. The van der Waals surface area contributed by atoms with Crippen LogP contribution in [0.4, 0.5) is 0 Å². The molecule has 0 saturated heterocycles. The third-order valence-electron chi connectivity index (χ3n) is 5.52. The van der Waals surface area contributed by atoms with E-state index in [1.165, 1.54) is 0 Å². The van der Waals surface area contributed by atoms with Crippen molar-refractivity contribution in [3.05, 3.63) is 65.3 Å². The molecule has 0 bridgehead atoms. The van der Waals surface area contributed by atoms with E-state index in [0.717, 1.165) is 44.0 Å². The maximum absolute atomic E-state index is 6.24. The van der Waals surface area contributed by atoms with Gasteiger partial charge in [0.25, 0.3) is 0 Å². The molecule has 10 heteroatoms. The van der Waals surface area contributed by atoms with Crippen LogP contribution in [0, 0.1) is 0 Å². The fourth-order valence-corrected chi connectivity index (χ4v) is 4.56. The zero-order chi connectivity index (χ0) is 23.2. The Morgan fingerprint density at radius 3 is 2.53 bits per heavy atom. The van der Waals surface area contributed by atoms with E-state index in [0.29, 0.717) is 23.0 Å². The third kappa shape index (κ3) is 3.52. The van der Waals surface area contributed by atoms with Crippen LogP contribution in [0.15, 0.2) is 59.6 Å². The number of nitrogens with one attached hydrogen (secondary N) is 1. The highest BCUT2D eigenvalue weighted by molar-refractivity contribution is 9.10. The topological polar surface area (TPSA) is 104 Å². The minimum Gasteiger partial charge on any atom is -0.438 e. The molecule has 0 spiro atoms. The number of aryl methyl sites for hydroxylation is 2. The molecule has 0 aliphatic rings. The fraction of sp³-hybridized carbons (Fsp3) is 0.125. The van der Waals surface area contributed by atoms with Gasteiger partial charge in [0.2, 0.25) is 5.88 Å². The summed E-state index contributed by atoms with van der Waals surface area (Å²) in [7, 11) is 1.95. The predicted molar refractivity (Wildman–Crippen MR) is 131 cm³/mol. The van der Waals surface area contributed by atoms with Gasteiger partial charge >= 0.3 is 6.01 Å². The van der Waals surface area contributed by atoms with Crippen molar-refractivity contribution < 1.29 is 9.47 Å². The second kappa shape index (κ2) is 8.07. The minimum absolute atomic E-state index is 0.154. The second-order valence-electron chi connectivity index (χ2n) is 7.72. The number of halogens is 1. The molecule has 0 saturated carbocycles. The number of hydrogen-bond donors (Lipinski definition) is 1. The van der Waals surface area contributed by atoms with Crippen molar-refractivity contribution in [2.24, 2.45) is 7.05 Å². The molecular weight excluding hydrogens is 498 g/mol. The highest BCUT2D eigenvalue weighted by atomic mass is 79.9. The molecule has 0 aliphatic heterocycles. The van der Waals surface area contributed by atoms with Crippen molar-refractivity contribution in [1.29, 1.82) is 0 Å². The highest BCUT2D eigenvalue weighted by Crippen LogP contribution is 2.38. The smallest absolute Gasteiger partial charge is 0.327 e. The molecule has 1 N–H and O–H groups in total. The number of fused-ring (bicyclic) bond motifs is 3. The molecule has 4 heterocycles. The molecule has 34 heavy (non-hydrogen) atoms. The number of benzene rings is 2. The van der Waals surface area contributed by atoms with Crippen LogP contribution in [0.2, 0.25) is 0 Å². The van der Waals surface area contributed by atoms with Crippen molar-refractivity contribution in [3.63, 3.8) is 0 Å². The average molecular weight is 516 g/mol. The van der Waals surface area contributed by atoms with Gasteiger partial charge in [-0.15, -0.1) is 0 Å². The fourth-order valence-electron chi connectivity index (χ4n) is 3.82. The number of ether oxygens (including phenoxy) is 2. The predicted octanol–water partition coefficient (Wildman–Crippen LogP) is 5.70. The number of aromatic nitrogens is 7. The van der Waals surface area contributed by atoms with E-state index in [1.54, 1.807) is 24.8 Å². The molecule has 0 aliphatic carbocycles. The monoisotopic (exact) mass is 515 g/mol.